The van der Waals surface area contributed by atoms with Crippen molar-refractivity contribution in [3.05, 3.63) is 10.8 Å². The summed E-state index contributed by atoms with van der Waals surface area (Å²) in [5, 5.41) is 15.1. The Hall–Kier alpha value is -1.22. The predicted octanol–water partition coefficient (Wildman–Crippen LogP) is 2.28. The molecule has 2 aromatic heterocycles. The van der Waals surface area contributed by atoms with Crippen molar-refractivity contribution >= 4 is 16.3 Å². The lowest BCUT2D eigenvalue weighted by atomic mass is 9.87. The molecule has 0 radical (unpaired) electrons. The molecule has 0 bridgehead atoms. The fourth-order valence-corrected chi connectivity index (χ4v) is 3.59. The molecule has 116 valence electrons. The first-order valence-corrected chi connectivity index (χ1v) is 7.47. The van der Waals surface area contributed by atoms with Crippen molar-refractivity contribution in [3.8, 4) is 0 Å². The molecular weight excluding hydrogens is 303 g/mol. The van der Waals surface area contributed by atoms with Gasteiger partial charge in [0, 0.05) is 12.0 Å². The van der Waals surface area contributed by atoms with Crippen molar-refractivity contribution in [2.24, 2.45) is 0 Å². The summed E-state index contributed by atoms with van der Waals surface area (Å²) in [6, 6.07) is 0. The number of hydrogen-bond acceptors (Lipinski definition) is 5. The molecule has 0 aliphatic carbocycles. The van der Waals surface area contributed by atoms with Gasteiger partial charge in [-0.1, -0.05) is 32.1 Å². The number of rotatable bonds is 1. The van der Waals surface area contributed by atoms with E-state index in [1.807, 2.05) is 20.8 Å². The van der Waals surface area contributed by atoms with Crippen molar-refractivity contribution in [2.45, 2.75) is 44.2 Å². The predicted molar refractivity (Wildman–Crippen MR) is 72.6 cm³/mol. The van der Waals surface area contributed by atoms with E-state index in [1.165, 1.54) is 4.52 Å². The van der Waals surface area contributed by atoms with Crippen LogP contribution in [0.3, 0.4) is 0 Å². The molecule has 9 heteroatoms. The van der Waals surface area contributed by atoms with Gasteiger partial charge in [-0.2, -0.15) is 22.8 Å². The summed E-state index contributed by atoms with van der Waals surface area (Å²) in [7, 11) is 0. The van der Waals surface area contributed by atoms with Gasteiger partial charge in [-0.05, 0) is 13.0 Å². The fraction of sp³-hybridized carbons (Fsp3) is 0.750. The van der Waals surface area contributed by atoms with Gasteiger partial charge in [-0.15, -0.1) is 10.2 Å². The third kappa shape index (κ3) is 2.13. The Bertz CT molecular complexity index is 661. The normalized spacial score (nSPS) is 24.1. The van der Waals surface area contributed by atoms with Crippen LogP contribution in [-0.4, -0.2) is 39.1 Å². The Labute approximate surface area is 123 Å². The largest absolute Gasteiger partial charge is 0.402 e. The Balaban J connectivity index is 2.15. The maximum atomic E-state index is 13.6. The van der Waals surface area contributed by atoms with Crippen molar-refractivity contribution in [2.75, 3.05) is 13.1 Å². The van der Waals surface area contributed by atoms with Gasteiger partial charge in [0.05, 0.1) is 0 Å². The number of fused-ring (bicyclic) bond motifs is 1. The van der Waals surface area contributed by atoms with Gasteiger partial charge in [-0.25, -0.2) is 0 Å². The second-order valence-electron chi connectivity index (χ2n) is 6.38. The number of alkyl halides is 3. The van der Waals surface area contributed by atoms with Crippen LogP contribution >= 0.6 is 11.3 Å². The average molecular weight is 319 g/mol. The van der Waals surface area contributed by atoms with Crippen molar-refractivity contribution in [3.63, 3.8) is 0 Å². The number of hydrogen-bond donors (Lipinski definition) is 1. The van der Waals surface area contributed by atoms with Crippen LogP contribution in [0.2, 0.25) is 0 Å². The maximum Gasteiger partial charge on any atom is 0.402 e. The van der Waals surface area contributed by atoms with Crippen LogP contribution in [0.25, 0.3) is 4.96 Å². The van der Waals surface area contributed by atoms with Crippen molar-refractivity contribution in [1.29, 1.82) is 0 Å². The molecule has 21 heavy (non-hydrogen) atoms. The van der Waals surface area contributed by atoms with Crippen LogP contribution in [0, 0.1) is 0 Å². The zero-order valence-electron chi connectivity index (χ0n) is 12.0. The molecule has 1 saturated heterocycles. The summed E-state index contributed by atoms with van der Waals surface area (Å²) in [4.78, 5) is 0.408. The molecule has 1 atom stereocenters. The highest BCUT2D eigenvalue weighted by Gasteiger charge is 2.59. The lowest BCUT2D eigenvalue weighted by molar-refractivity contribution is -0.185. The molecule has 3 heterocycles. The van der Waals surface area contributed by atoms with E-state index in [0.717, 1.165) is 11.3 Å². The van der Waals surface area contributed by atoms with E-state index in [4.69, 9.17) is 0 Å². The quantitative estimate of drug-likeness (QED) is 0.876. The van der Waals surface area contributed by atoms with Crippen LogP contribution in [0.15, 0.2) is 0 Å². The molecule has 0 saturated carbocycles. The highest BCUT2D eigenvalue weighted by atomic mass is 32.1. The monoisotopic (exact) mass is 319 g/mol. The third-order valence-corrected chi connectivity index (χ3v) is 4.87. The zero-order chi connectivity index (χ0) is 15.5. The number of aromatic nitrogens is 4. The summed E-state index contributed by atoms with van der Waals surface area (Å²) in [5.74, 6) is 0.572. The first kappa shape index (κ1) is 14.7. The molecule has 3 rings (SSSR count). The molecular formula is C12H16F3N5S. The van der Waals surface area contributed by atoms with Crippen molar-refractivity contribution in [1.82, 2.24) is 25.1 Å². The van der Waals surface area contributed by atoms with Crippen LogP contribution in [0.1, 0.15) is 38.0 Å². The summed E-state index contributed by atoms with van der Waals surface area (Å²) in [5.41, 5.74) is -2.24. The number of nitrogens with one attached hydrogen (secondary N) is 1. The van der Waals surface area contributed by atoms with Crippen LogP contribution < -0.4 is 5.32 Å². The fourth-order valence-electron chi connectivity index (χ4n) is 2.52. The first-order valence-electron chi connectivity index (χ1n) is 6.66. The Morgan fingerprint density at radius 2 is 1.95 bits per heavy atom. The molecule has 1 unspecified atom stereocenters. The number of nitrogens with zero attached hydrogens (tertiary/aromatic N) is 4. The lowest BCUT2D eigenvalue weighted by Crippen LogP contribution is -2.44. The molecule has 1 aliphatic heterocycles. The van der Waals surface area contributed by atoms with Gasteiger partial charge in [0.1, 0.15) is 10.4 Å². The van der Waals surface area contributed by atoms with E-state index in [1.54, 1.807) is 0 Å². The summed E-state index contributed by atoms with van der Waals surface area (Å²) in [6.07, 6.45) is -4.33. The van der Waals surface area contributed by atoms with Gasteiger partial charge in [0.25, 0.3) is 0 Å². The van der Waals surface area contributed by atoms with Crippen LogP contribution in [0.5, 0.6) is 0 Å². The summed E-state index contributed by atoms with van der Waals surface area (Å²) in [6.45, 7) is 5.99. The summed E-state index contributed by atoms with van der Waals surface area (Å²) >= 11 is 0.975. The highest BCUT2D eigenvalue weighted by molar-refractivity contribution is 7.16. The van der Waals surface area contributed by atoms with Crippen LogP contribution in [-0.2, 0) is 10.8 Å². The molecule has 0 spiro atoms. The van der Waals surface area contributed by atoms with Gasteiger partial charge in [0.15, 0.2) is 5.82 Å². The minimum Gasteiger partial charge on any atom is -0.315 e. The molecule has 1 fully saturated rings. The minimum absolute atomic E-state index is 0.00540. The van der Waals surface area contributed by atoms with E-state index >= 15 is 0 Å². The molecule has 2 aromatic rings. The smallest absolute Gasteiger partial charge is 0.315 e. The molecule has 0 aromatic carbocycles. The first-order chi connectivity index (χ1) is 9.65. The second kappa shape index (κ2) is 4.39. The van der Waals surface area contributed by atoms with E-state index < -0.39 is 11.6 Å². The van der Waals surface area contributed by atoms with E-state index in [9.17, 15) is 13.2 Å². The maximum absolute atomic E-state index is 13.6. The molecule has 0 amide bonds. The topological polar surface area (TPSA) is 55.1 Å². The Morgan fingerprint density at radius 1 is 1.24 bits per heavy atom. The molecule has 1 aliphatic rings. The van der Waals surface area contributed by atoms with Crippen LogP contribution in [0.4, 0.5) is 13.2 Å². The highest BCUT2D eigenvalue weighted by Crippen LogP contribution is 2.46. The van der Waals surface area contributed by atoms with Gasteiger partial charge >= 0.3 is 6.18 Å². The van der Waals surface area contributed by atoms with Crippen molar-refractivity contribution < 1.29 is 13.2 Å². The average Bonchev–Trinajstić information content (AvgIpc) is 3.00. The van der Waals surface area contributed by atoms with Gasteiger partial charge in [0.2, 0.25) is 4.96 Å². The zero-order valence-corrected chi connectivity index (χ0v) is 12.8. The molecule has 1 N–H and O–H groups in total. The second-order valence-corrected chi connectivity index (χ2v) is 7.34. The lowest BCUT2D eigenvalue weighted by Gasteiger charge is -2.28. The summed E-state index contributed by atoms with van der Waals surface area (Å²) < 4.78 is 42.1. The Kier molecular flexibility index (Phi) is 3.07. The van der Waals surface area contributed by atoms with E-state index in [-0.39, 0.29) is 23.4 Å². The van der Waals surface area contributed by atoms with Gasteiger partial charge < -0.3 is 5.32 Å². The third-order valence-electron chi connectivity index (χ3n) is 3.77. The van der Waals surface area contributed by atoms with Gasteiger partial charge in [-0.3, -0.25) is 0 Å². The minimum atomic E-state index is -4.33. The number of halogens is 3. The van der Waals surface area contributed by atoms with E-state index in [2.05, 4.69) is 20.6 Å². The molecule has 5 nitrogen and oxygen atoms in total. The Morgan fingerprint density at radius 3 is 2.48 bits per heavy atom. The standard InChI is InChI=1S/C12H16F3N5S/c1-10(2,3)7-17-18-9-20(7)19-8(21-9)11(12(13,14)15)4-5-16-6-11/h16H,4-6H2,1-3H3. The van der Waals surface area contributed by atoms with E-state index in [0.29, 0.717) is 17.3 Å². The SMILES string of the molecule is CC(C)(C)c1nnc2sc(C3(C(F)(F)F)CCNC3)nn12.